The summed E-state index contributed by atoms with van der Waals surface area (Å²) in [5.74, 6) is -0.498. The van der Waals surface area contributed by atoms with Crippen molar-refractivity contribution in [3.05, 3.63) is 50.6 Å². The first kappa shape index (κ1) is 19.6. The van der Waals surface area contributed by atoms with Crippen molar-refractivity contribution >= 4 is 44.8 Å². The van der Waals surface area contributed by atoms with Gasteiger partial charge in [0.2, 0.25) is 5.91 Å². The molecule has 0 bridgehead atoms. The van der Waals surface area contributed by atoms with Crippen molar-refractivity contribution in [3.8, 4) is 0 Å². The third kappa shape index (κ3) is 6.26. The molecule has 0 aliphatic carbocycles. The molecule has 1 unspecified atom stereocenters. The molecule has 1 aromatic heterocycles. The van der Waals surface area contributed by atoms with Gasteiger partial charge in [0.15, 0.2) is 0 Å². The molecule has 2 aromatic rings. The largest absolute Gasteiger partial charge is 0.340 e. The molecule has 5 nitrogen and oxygen atoms in total. The number of halogens is 1. The lowest BCUT2D eigenvalue weighted by Crippen LogP contribution is -2.41. The number of carbonyl (C=O) groups excluding carboxylic acids is 2. The zero-order chi connectivity index (χ0) is 18.4. The average molecular weight is 424 g/mol. The maximum absolute atomic E-state index is 12.2. The van der Waals surface area contributed by atoms with E-state index < -0.39 is 6.04 Å². The number of hydrogen-bond acceptors (Lipinski definition) is 4. The second kappa shape index (κ2) is 9.12. The Morgan fingerprint density at radius 2 is 1.84 bits per heavy atom. The quantitative estimate of drug-likeness (QED) is 0.717. The van der Waals surface area contributed by atoms with Crippen LogP contribution in [0.25, 0.3) is 0 Å². The molecular weight excluding hydrogens is 402 g/mol. The maximum Gasteiger partial charge on any atom is 0.262 e. The van der Waals surface area contributed by atoms with Crippen molar-refractivity contribution in [1.29, 1.82) is 0 Å². The summed E-state index contributed by atoms with van der Waals surface area (Å²) in [6.45, 7) is 2.65. The third-order valence-corrected chi connectivity index (χ3v) is 5.23. The standard InChI is InChI=1S/C18H22BrN3O2S/c1-12(20-18(24)15-8-9-16(19)25-15)17(23)21-14-6-4-13(5-7-14)10-11-22(2)3/h4-9,12H,10-11H2,1-3H3,(H,20,24)(H,21,23). The first-order valence-corrected chi connectivity index (χ1v) is 9.57. The fourth-order valence-corrected chi connectivity index (χ4v) is 3.42. The SMILES string of the molecule is CC(NC(=O)c1ccc(Br)s1)C(=O)Nc1ccc(CCN(C)C)cc1. The van der Waals surface area contributed by atoms with E-state index in [1.165, 1.54) is 16.9 Å². The summed E-state index contributed by atoms with van der Waals surface area (Å²) in [5, 5.41) is 5.53. The van der Waals surface area contributed by atoms with E-state index >= 15 is 0 Å². The van der Waals surface area contributed by atoms with Gasteiger partial charge in [-0.15, -0.1) is 11.3 Å². The average Bonchev–Trinajstić information content (AvgIpc) is 3.00. The molecule has 2 amide bonds. The van der Waals surface area contributed by atoms with Crippen LogP contribution in [-0.2, 0) is 11.2 Å². The Morgan fingerprint density at radius 1 is 1.16 bits per heavy atom. The van der Waals surface area contributed by atoms with Crippen molar-refractivity contribution in [3.63, 3.8) is 0 Å². The molecule has 1 heterocycles. The molecule has 7 heteroatoms. The molecule has 0 aliphatic rings. The lowest BCUT2D eigenvalue weighted by molar-refractivity contribution is -0.117. The molecule has 1 atom stereocenters. The number of nitrogens with one attached hydrogen (secondary N) is 2. The predicted octanol–water partition coefficient (Wildman–Crippen LogP) is 3.37. The summed E-state index contributed by atoms with van der Waals surface area (Å²) >= 11 is 4.65. The summed E-state index contributed by atoms with van der Waals surface area (Å²) < 4.78 is 0.879. The van der Waals surface area contributed by atoms with Crippen molar-refractivity contribution in [2.24, 2.45) is 0 Å². The van der Waals surface area contributed by atoms with E-state index in [1.807, 2.05) is 44.4 Å². The van der Waals surface area contributed by atoms with E-state index in [9.17, 15) is 9.59 Å². The number of rotatable bonds is 7. The van der Waals surface area contributed by atoms with Crippen LogP contribution in [0.5, 0.6) is 0 Å². The van der Waals surface area contributed by atoms with Gasteiger partial charge in [-0.1, -0.05) is 12.1 Å². The molecule has 1 aromatic carbocycles. The zero-order valence-corrected chi connectivity index (χ0v) is 16.9. The van der Waals surface area contributed by atoms with Gasteiger partial charge >= 0.3 is 0 Å². The number of hydrogen-bond donors (Lipinski definition) is 2. The van der Waals surface area contributed by atoms with Crippen LogP contribution in [0.4, 0.5) is 5.69 Å². The van der Waals surface area contributed by atoms with Gasteiger partial charge in [0.05, 0.1) is 8.66 Å². The second-order valence-electron chi connectivity index (χ2n) is 6.04. The van der Waals surface area contributed by atoms with Crippen LogP contribution in [-0.4, -0.2) is 43.4 Å². The van der Waals surface area contributed by atoms with Crippen molar-refractivity contribution in [1.82, 2.24) is 10.2 Å². The summed E-state index contributed by atoms with van der Waals surface area (Å²) in [6, 6.07) is 10.7. The second-order valence-corrected chi connectivity index (χ2v) is 8.50. The number of nitrogens with zero attached hydrogens (tertiary/aromatic N) is 1. The Bertz CT molecular complexity index is 728. The number of thiophene rings is 1. The van der Waals surface area contributed by atoms with Gasteiger partial charge in [0, 0.05) is 12.2 Å². The predicted molar refractivity (Wildman–Crippen MR) is 106 cm³/mol. The van der Waals surface area contributed by atoms with E-state index in [1.54, 1.807) is 13.0 Å². The van der Waals surface area contributed by atoms with Gasteiger partial charge in [0.1, 0.15) is 6.04 Å². The van der Waals surface area contributed by atoms with Crippen LogP contribution in [0.2, 0.25) is 0 Å². The van der Waals surface area contributed by atoms with Crippen molar-refractivity contribution in [2.75, 3.05) is 26.0 Å². The van der Waals surface area contributed by atoms with E-state index in [0.29, 0.717) is 4.88 Å². The maximum atomic E-state index is 12.2. The van der Waals surface area contributed by atoms with E-state index in [4.69, 9.17) is 0 Å². The summed E-state index contributed by atoms with van der Waals surface area (Å²) in [7, 11) is 4.08. The first-order chi connectivity index (χ1) is 11.8. The summed E-state index contributed by atoms with van der Waals surface area (Å²) in [6.07, 6.45) is 0.962. The Kier molecular flexibility index (Phi) is 7.16. The minimum absolute atomic E-state index is 0.245. The van der Waals surface area contributed by atoms with Crippen LogP contribution in [0.1, 0.15) is 22.2 Å². The van der Waals surface area contributed by atoms with Gasteiger partial charge in [-0.25, -0.2) is 0 Å². The fraction of sp³-hybridized carbons (Fsp3) is 0.333. The van der Waals surface area contributed by atoms with Gasteiger partial charge < -0.3 is 15.5 Å². The lowest BCUT2D eigenvalue weighted by atomic mass is 10.1. The molecule has 0 spiro atoms. The molecule has 2 rings (SSSR count). The number of anilines is 1. The molecule has 134 valence electrons. The minimum atomic E-state index is -0.623. The third-order valence-electron chi connectivity index (χ3n) is 3.61. The van der Waals surface area contributed by atoms with Crippen molar-refractivity contribution < 1.29 is 9.59 Å². The number of carbonyl (C=O) groups is 2. The van der Waals surface area contributed by atoms with Crippen LogP contribution in [0, 0.1) is 0 Å². The van der Waals surface area contributed by atoms with Crippen LogP contribution in [0.3, 0.4) is 0 Å². The normalized spacial score (nSPS) is 12.0. The van der Waals surface area contributed by atoms with Gasteiger partial charge in [0.25, 0.3) is 5.91 Å². The molecule has 0 saturated heterocycles. The number of amides is 2. The van der Waals surface area contributed by atoms with Crippen molar-refractivity contribution in [2.45, 2.75) is 19.4 Å². The van der Waals surface area contributed by atoms with Gasteiger partial charge in [-0.2, -0.15) is 0 Å². The van der Waals surface area contributed by atoms with Crippen LogP contribution >= 0.6 is 27.3 Å². The molecule has 0 aliphatic heterocycles. The number of benzene rings is 1. The monoisotopic (exact) mass is 423 g/mol. The highest BCUT2D eigenvalue weighted by Crippen LogP contribution is 2.22. The topological polar surface area (TPSA) is 61.4 Å². The highest BCUT2D eigenvalue weighted by atomic mass is 79.9. The smallest absolute Gasteiger partial charge is 0.262 e. The Hall–Kier alpha value is -1.70. The zero-order valence-electron chi connectivity index (χ0n) is 14.5. The lowest BCUT2D eigenvalue weighted by Gasteiger charge is -2.14. The first-order valence-electron chi connectivity index (χ1n) is 7.96. The molecule has 2 N–H and O–H groups in total. The molecule has 0 saturated carbocycles. The summed E-state index contributed by atoms with van der Waals surface area (Å²) in [4.78, 5) is 27.0. The van der Waals surface area contributed by atoms with E-state index in [-0.39, 0.29) is 11.8 Å². The van der Waals surface area contributed by atoms with Crippen LogP contribution in [0.15, 0.2) is 40.2 Å². The fourth-order valence-electron chi connectivity index (χ4n) is 2.13. The Morgan fingerprint density at radius 3 is 2.40 bits per heavy atom. The Labute approximate surface area is 160 Å². The van der Waals surface area contributed by atoms with E-state index in [0.717, 1.165) is 22.4 Å². The molecule has 25 heavy (non-hydrogen) atoms. The minimum Gasteiger partial charge on any atom is -0.340 e. The highest BCUT2D eigenvalue weighted by molar-refractivity contribution is 9.11. The number of likely N-dealkylation sites (N-methyl/N-ethyl adjacent to an activating group) is 1. The Balaban J connectivity index is 1.87. The summed E-state index contributed by atoms with van der Waals surface area (Å²) in [5.41, 5.74) is 1.94. The molecule has 0 radical (unpaired) electrons. The van der Waals surface area contributed by atoms with E-state index in [2.05, 4.69) is 31.5 Å². The molecular formula is C18H22BrN3O2S. The van der Waals surface area contributed by atoms with Gasteiger partial charge in [-0.3, -0.25) is 9.59 Å². The highest BCUT2D eigenvalue weighted by Gasteiger charge is 2.17. The van der Waals surface area contributed by atoms with Crippen LogP contribution < -0.4 is 10.6 Å². The van der Waals surface area contributed by atoms with Gasteiger partial charge in [-0.05, 0) is 73.2 Å². The molecule has 0 fully saturated rings.